The Labute approximate surface area is 397 Å². The second kappa shape index (κ2) is 16.6. The summed E-state index contributed by atoms with van der Waals surface area (Å²) in [5.41, 5.74) is 15.3. The van der Waals surface area contributed by atoms with Crippen LogP contribution in [0.15, 0.2) is 243 Å². The first-order valence-corrected chi connectivity index (χ1v) is 23.7. The number of nitrogens with zero attached hydrogens (tertiary/aromatic N) is 4. The lowest BCUT2D eigenvalue weighted by molar-refractivity contribution is 1.07. The van der Waals surface area contributed by atoms with Gasteiger partial charge in [-0.15, -0.1) is 11.3 Å². The molecule has 0 fully saturated rings. The number of rotatable bonds is 8. The molecule has 0 saturated heterocycles. The molecule has 3 heterocycles. The number of fused-ring (bicyclic) bond motifs is 6. The van der Waals surface area contributed by atoms with E-state index in [4.69, 9.17) is 15.0 Å². The lowest BCUT2D eigenvalue weighted by Crippen LogP contribution is -2.02. The highest BCUT2D eigenvalue weighted by atomic mass is 32.1. The van der Waals surface area contributed by atoms with E-state index in [0.717, 1.165) is 50.1 Å². The Hall–Kier alpha value is -8.77. The molecule has 0 amide bonds. The number of benzene rings is 10. The Morgan fingerprint density at radius 3 is 1.35 bits per heavy atom. The molecule has 4 nitrogen and oxygen atoms in total. The van der Waals surface area contributed by atoms with E-state index in [2.05, 4.69) is 229 Å². The first kappa shape index (κ1) is 39.6. The molecule has 0 bridgehead atoms. The fourth-order valence-corrected chi connectivity index (χ4v) is 11.2. The number of hydrogen-bond donors (Lipinski definition) is 0. The zero-order chi connectivity index (χ0) is 45.0. The largest absolute Gasteiger partial charge is 0.309 e. The Morgan fingerprint density at radius 1 is 0.294 bits per heavy atom. The van der Waals surface area contributed by atoms with Crippen LogP contribution in [-0.4, -0.2) is 19.5 Å². The molecule has 10 aromatic carbocycles. The molecule has 3 aromatic heterocycles. The molecule has 0 aliphatic heterocycles. The van der Waals surface area contributed by atoms with E-state index in [1.54, 1.807) is 0 Å². The van der Waals surface area contributed by atoms with Gasteiger partial charge in [-0.2, -0.15) is 0 Å². The van der Waals surface area contributed by atoms with Gasteiger partial charge in [0.25, 0.3) is 0 Å². The predicted octanol–water partition coefficient (Wildman–Crippen LogP) is 17.0. The fourth-order valence-electron chi connectivity index (χ4n) is 9.95. The summed E-state index contributed by atoms with van der Waals surface area (Å²) in [7, 11) is 0. The van der Waals surface area contributed by atoms with Crippen molar-refractivity contribution in [3.8, 4) is 84.4 Å². The normalized spacial score (nSPS) is 11.5. The monoisotopic (exact) mass is 884 g/mol. The predicted molar refractivity (Wildman–Crippen MR) is 285 cm³/mol. The Morgan fingerprint density at radius 2 is 0.735 bits per heavy atom. The molecule has 5 heteroatoms. The zero-order valence-corrected chi connectivity index (χ0v) is 37.6. The van der Waals surface area contributed by atoms with Gasteiger partial charge in [0, 0.05) is 53.2 Å². The lowest BCUT2D eigenvalue weighted by atomic mass is 9.95. The minimum absolute atomic E-state index is 0.599. The van der Waals surface area contributed by atoms with Gasteiger partial charge in [0.1, 0.15) is 0 Å². The molecule has 318 valence electrons. The maximum Gasteiger partial charge on any atom is 0.164 e. The van der Waals surface area contributed by atoms with E-state index < -0.39 is 0 Å². The van der Waals surface area contributed by atoms with E-state index in [0.29, 0.717) is 17.5 Å². The van der Waals surface area contributed by atoms with Crippen molar-refractivity contribution in [2.45, 2.75) is 0 Å². The molecule has 13 rings (SSSR count). The second-order valence-corrected chi connectivity index (χ2v) is 18.2. The average Bonchev–Trinajstić information content (AvgIpc) is 3.98. The highest BCUT2D eigenvalue weighted by Gasteiger charge is 2.23. The SMILES string of the molecule is c1ccc(-c2nc(-c3cccc(-c4cccc5c4sc4ccccc45)c3)nc(-c3ccc(-c4ccccc4)c(-n4c5cccc(-c6ccccc6)c5c5c(-c6ccccc6)cccc54)c3)n2)cc1. The minimum Gasteiger partial charge on any atom is -0.309 e. The zero-order valence-electron chi connectivity index (χ0n) is 36.8. The Kier molecular flexibility index (Phi) is 9.66. The van der Waals surface area contributed by atoms with E-state index in [9.17, 15) is 0 Å². The van der Waals surface area contributed by atoms with Crippen LogP contribution in [0.2, 0.25) is 0 Å². The summed E-state index contributed by atoms with van der Waals surface area (Å²) in [4.78, 5) is 15.8. The van der Waals surface area contributed by atoms with Crippen LogP contribution in [0.1, 0.15) is 0 Å². The minimum atomic E-state index is 0.599. The van der Waals surface area contributed by atoms with Crippen molar-refractivity contribution < 1.29 is 0 Å². The molecular weight excluding hydrogens is 845 g/mol. The van der Waals surface area contributed by atoms with E-state index in [1.165, 1.54) is 58.8 Å². The van der Waals surface area contributed by atoms with Gasteiger partial charge in [-0.3, -0.25) is 0 Å². The topological polar surface area (TPSA) is 43.6 Å². The summed E-state index contributed by atoms with van der Waals surface area (Å²) >= 11 is 1.84. The summed E-state index contributed by atoms with van der Waals surface area (Å²) in [6.45, 7) is 0. The van der Waals surface area contributed by atoms with E-state index in [1.807, 2.05) is 29.5 Å². The molecule has 0 atom stereocenters. The lowest BCUT2D eigenvalue weighted by Gasteiger charge is -2.17. The maximum atomic E-state index is 5.36. The number of thiophene rings is 1. The summed E-state index contributed by atoms with van der Waals surface area (Å²) in [5.74, 6) is 1.83. The highest BCUT2D eigenvalue weighted by Crippen LogP contribution is 2.45. The van der Waals surface area contributed by atoms with Crippen molar-refractivity contribution in [1.82, 2.24) is 19.5 Å². The molecule has 0 saturated carbocycles. The average molecular weight is 885 g/mol. The van der Waals surface area contributed by atoms with Crippen LogP contribution in [0.3, 0.4) is 0 Å². The van der Waals surface area contributed by atoms with Crippen LogP contribution in [0.4, 0.5) is 0 Å². The van der Waals surface area contributed by atoms with Gasteiger partial charge in [-0.25, -0.2) is 15.0 Å². The van der Waals surface area contributed by atoms with Gasteiger partial charge in [0.05, 0.1) is 16.7 Å². The third-order valence-electron chi connectivity index (χ3n) is 13.1. The van der Waals surface area contributed by atoms with Crippen LogP contribution >= 0.6 is 11.3 Å². The van der Waals surface area contributed by atoms with Crippen LogP contribution in [-0.2, 0) is 0 Å². The molecule has 0 N–H and O–H groups in total. The Balaban J connectivity index is 1.05. The standard InChI is InChI=1S/C63H40N4S/c1-5-19-41(20-6-1)48-38-37-47(40-56(48)67-54-34-17-30-49(42-21-7-2-8-22-42)58(54)59-50(31-18-35-55(59)67)43-23-9-3-10-24-43)63-65-61(44-25-11-4-12-26-44)64-62(66-63)46-28-15-27-45(39-46)51-32-16-33-53-52-29-13-14-36-57(52)68-60(51)53/h1-40H. The van der Waals surface area contributed by atoms with Crippen LogP contribution < -0.4 is 0 Å². The smallest absolute Gasteiger partial charge is 0.164 e. The van der Waals surface area contributed by atoms with Crippen LogP contribution in [0, 0.1) is 0 Å². The van der Waals surface area contributed by atoms with Crippen molar-refractivity contribution in [1.29, 1.82) is 0 Å². The van der Waals surface area contributed by atoms with Crippen LogP contribution in [0.25, 0.3) is 126 Å². The quantitative estimate of drug-likeness (QED) is 0.153. The molecule has 68 heavy (non-hydrogen) atoms. The van der Waals surface area contributed by atoms with E-state index in [-0.39, 0.29) is 0 Å². The molecule has 0 unspecified atom stereocenters. The first-order valence-electron chi connectivity index (χ1n) is 22.9. The highest BCUT2D eigenvalue weighted by molar-refractivity contribution is 7.26. The van der Waals surface area contributed by atoms with Gasteiger partial charge in [-0.05, 0) is 69.3 Å². The van der Waals surface area contributed by atoms with Gasteiger partial charge >= 0.3 is 0 Å². The van der Waals surface area contributed by atoms with Crippen molar-refractivity contribution in [2.75, 3.05) is 0 Å². The van der Waals surface area contributed by atoms with Gasteiger partial charge in [0.2, 0.25) is 0 Å². The molecule has 0 aliphatic rings. The fraction of sp³-hybridized carbons (Fsp3) is 0. The maximum absolute atomic E-state index is 5.36. The number of aromatic nitrogens is 4. The van der Waals surface area contributed by atoms with Crippen LogP contribution in [0.5, 0.6) is 0 Å². The molecular formula is C63H40N4S. The molecule has 13 aromatic rings. The van der Waals surface area contributed by atoms with Crippen molar-refractivity contribution in [3.05, 3.63) is 243 Å². The summed E-state index contributed by atoms with van der Waals surface area (Å²) in [5, 5.41) is 4.97. The Bertz CT molecular complexity index is 3910. The third-order valence-corrected chi connectivity index (χ3v) is 14.3. The van der Waals surface area contributed by atoms with Crippen molar-refractivity contribution in [2.24, 2.45) is 0 Å². The molecule has 0 radical (unpaired) electrons. The molecule has 0 aliphatic carbocycles. The summed E-state index contributed by atoms with van der Waals surface area (Å²) < 4.78 is 5.01. The third kappa shape index (κ3) is 6.79. The second-order valence-electron chi connectivity index (χ2n) is 17.1. The van der Waals surface area contributed by atoms with E-state index >= 15 is 0 Å². The van der Waals surface area contributed by atoms with Gasteiger partial charge in [-0.1, -0.05) is 212 Å². The summed E-state index contributed by atoms with van der Waals surface area (Å²) in [6.07, 6.45) is 0. The summed E-state index contributed by atoms with van der Waals surface area (Å²) in [6, 6.07) is 86.4. The first-order chi connectivity index (χ1) is 33.7. The molecule has 0 spiro atoms. The number of hydrogen-bond acceptors (Lipinski definition) is 4. The van der Waals surface area contributed by atoms with Gasteiger partial charge < -0.3 is 4.57 Å². The van der Waals surface area contributed by atoms with Gasteiger partial charge in [0.15, 0.2) is 17.5 Å². The van der Waals surface area contributed by atoms with Crippen molar-refractivity contribution in [3.63, 3.8) is 0 Å². The van der Waals surface area contributed by atoms with Crippen molar-refractivity contribution >= 4 is 53.3 Å².